The van der Waals surface area contributed by atoms with Gasteiger partial charge in [0.2, 0.25) is 0 Å². The van der Waals surface area contributed by atoms with Gasteiger partial charge in [-0.2, -0.15) is 0 Å². The second kappa shape index (κ2) is 7.53. The van der Waals surface area contributed by atoms with Crippen molar-refractivity contribution >= 4 is 0 Å². The van der Waals surface area contributed by atoms with E-state index < -0.39 is 0 Å². The van der Waals surface area contributed by atoms with Crippen molar-refractivity contribution in [3.05, 3.63) is 0 Å². The maximum atomic E-state index is 5.18. The van der Waals surface area contributed by atoms with Gasteiger partial charge in [-0.3, -0.25) is 0 Å². The van der Waals surface area contributed by atoms with Crippen LogP contribution < -0.4 is 5.32 Å². The Bertz CT molecular complexity index is 98.5. The van der Waals surface area contributed by atoms with Gasteiger partial charge in [-0.05, 0) is 26.8 Å². The van der Waals surface area contributed by atoms with Crippen LogP contribution in [0.1, 0.15) is 20.3 Å². The van der Waals surface area contributed by atoms with Crippen molar-refractivity contribution in [3.63, 3.8) is 0 Å². The second-order valence-electron chi connectivity index (χ2n) is 3.03. The van der Waals surface area contributed by atoms with Crippen molar-refractivity contribution in [1.29, 1.82) is 0 Å². The van der Waals surface area contributed by atoms with E-state index in [1.807, 2.05) is 0 Å². The summed E-state index contributed by atoms with van der Waals surface area (Å²) in [6.45, 7) is 6.00. The van der Waals surface area contributed by atoms with Crippen molar-refractivity contribution in [2.75, 3.05) is 27.4 Å². The van der Waals surface area contributed by atoms with Crippen LogP contribution in [0, 0.1) is 0 Å². The SMILES string of the molecule is COCCCNC(C)C(C)OC. The van der Waals surface area contributed by atoms with Crippen LogP contribution in [0.4, 0.5) is 0 Å². The smallest absolute Gasteiger partial charge is 0.0693 e. The number of hydrogen-bond donors (Lipinski definition) is 1. The fraction of sp³-hybridized carbons (Fsp3) is 1.00. The molecule has 0 aromatic carbocycles. The maximum absolute atomic E-state index is 5.18. The summed E-state index contributed by atoms with van der Waals surface area (Å²) in [6.07, 6.45) is 1.32. The molecule has 3 heteroatoms. The van der Waals surface area contributed by atoms with E-state index in [4.69, 9.17) is 9.47 Å². The van der Waals surface area contributed by atoms with Gasteiger partial charge in [-0.25, -0.2) is 0 Å². The largest absolute Gasteiger partial charge is 0.385 e. The Balaban J connectivity index is 3.24. The molecular weight excluding hydrogens is 154 g/mol. The lowest BCUT2D eigenvalue weighted by molar-refractivity contribution is 0.0876. The molecule has 0 aliphatic carbocycles. The van der Waals surface area contributed by atoms with Gasteiger partial charge in [0.15, 0.2) is 0 Å². The highest BCUT2D eigenvalue weighted by Gasteiger charge is 2.08. The first-order valence-corrected chi connectivity index (χ1v) is 4.47. The van der Waals surface area contributed by atoms with Crippen LogP contribution in [0.5, 0.6) is 0 Å². The number of ether oxygens (including phenoxy) is 2. The summed E-state index contributed by atoms with van der Waals surface area (Å²) in [7, 11) is 3.46. The van der Waals surface area contributed by atoms with Crippen LogP contribution in [0.15, 0.2) is 0 Å². The van der Waals surface area contributed by atoms with Crippen LogP contribution in [0.3, 0.4) is 0 Å². The van der Waals surface area contributed by atoms with E-state index in [0.717, 1.165) is 19.6 Å². The van der Waals surface area contributed by atoms with Gasteiger partial charge >= 0.3 is 0 Å². The molecule has 3 nitrogen and oxygen atoms in total. The lowest BCUT2D eigenvalue weighted by atomic mass is 10.2. The molecule has 0 spiro atoms. The van der Waals surface area contributed by atoms with Crippen LogP contribution in [-0.2, 0) is 9.47 Å². The average Bonchev–Trinajstić information content (AvgIpc) is 2.10. The van der Waals surface area contributed by atoms with E-state index >= 15 is 0 Å². The quantitative estimate of drug-likeness (QED) is 0.586. The molecule has 0 aromatic rings. The molecule has 0 aromatic heterocycles. The molecule has 0 saturated heterocycles. The molecule has 0 aliphatic rings. The van der Waals surface area contributed by atoms with Gasteiger partial charge in [0.25, 0.3) is 0 Å². The Labute approximate surface area is 75.4 Å². The fourth-order valence-electron chi connectivity index (χ4n) is 0.916. The molecule has 1 N–H and O–H groups in total. The van der Waals surface area contributed by atoms with E-state index in [1.54, 1.807) is 14.2 Å². The van der Waals surface area contributed by atoms with Crippen LogP contribution in [-0.4, -0.2) is 39.5 Å². The van der Waals surface area contributed by atoms with E-state index in [1.165, 1.54) is 0 Å². The molecule has 0 fully saturated rings. The molecule has 74 valence electrons. The normalized spacial score (nSPS) is 16.0. The first-order chi connectivity index (χ1) is 5.72. The lowest BCUT2D eigenvalue weighted by Gasteiger charge is -2.19. The Kier molecular flexibility index (Phi) is 7.45. The molecule has 0 bridgehead atoms. The number of rotatable bonds is 7. The molecule has 0 saturated carbocycles. The van der Waals surface area contributed by atoms with Gasteiger partial charge in [0, 0.05) is 26.9 Å². The Morgan fingerprint density at radius 3 is 2.42 bits per heavy atom. The molecule has 2 atom stereocenters. The minimum atomic E-state index is 0.271. The summed E-state index contributed by atoms with van der Waals surface area (Å²) in [6, 6.07) is 0.409. The predicted octanol–water partition coefficient (Wildman–Crippen LogP) is 1.04. The lowest BCUT2D eigenvalue weighted by Crippen LogP contribution is -2.37. The molecule has 0 radical (unpaired) electrons. The Morgan fingerprint density at radius 1 is 1.25 bits per heavy atom. The standard InChI is InChI=1S/C9H21NO2/c1-8(9(2)12-4)10-6-5-7-11-3/h8-10H,5-7H2,1-4H3. The molecule has 0 amide bonds. The summed E-state index contributed by atoms with van der Waals surface area (Å²) >= 11 is 0. The van der Waals surface area contributed by atoms with Crippen LogP contribution in [0.2, 0.25) is 0 Å². The third-order valence-corrected chi connectivity index (χ3v) is 2.07. The molecule has 0 heterocycles. The highest BCUT2D eigenvalue weighted by atomic mass is 16.5. The van der Waals surface area contributed by atoms with Crippen molar-refractivity contribution in [2.45, 2.75) is 32.4 Å². The van der Waals surface area contributed by atoms with Crippen molar-refractivity contribution in [3.8, 4) is 0 Å². The van der Waals surface area contributed by atoms with Gasteiger partial charge in [-0.1, -0.05) is 0 Å². The minimum Gasteiger partial charge on any atom is -0.385 e. The monoisotopic (exact) mass is 175 g/mol. The number of nitrogens with one attached hydrogen (secondary N) is 1. The first kappa shape index (κ1) is 11.9. The average molecular weight is 175 g/mol. The topological polar surface area (TPSA) is 30.5 Å². The third-order valence-electron chi connectivity index (χ3n) is 2.07. The van der Waals surface area contributed by atoms with Gasteiger partial charge < -0.3 is 14.8 Å². The highest BCUT2D eigenvalue weighted by molar-refractivity contribution is 4.67. The van der Waals surface area contributed by atoms with Gasteiger partial charge in [-0.15, -0.1) is 0 Å². The zero-order chi connectivity index (χ0) is 9.40. The number of hydrogen-bond acceptors (Lipinski definition) is 3. The van der Waals surface area contributed by atoms with Crippen molar-refractivity contribution in [1.82, 2.24) is 5.32 Å². The molecule has 0 aliphatic heterocycles. The van der Waals surface area contributed by atoms with E-state index in [0.29, 0.717) is 6.04 Å². The molecular formula is C9H21NO2. The van der Waals surface area contributed by atoms with E-state index in [9.17, 15) is 0 Å². The third kappa shape index (κ3) is 5.52. The Hall–Kier alpha value is -0.120. The summed E-state index contributed by atoms with van der Waals surface area (Å²) in [5.41, 5.74) is 0. The van der Waals surface area contributed by atoms with Gasteiger partial charge in [0.1, 0.15) is 0 Å². The minimum absolute atomic E-state index is 0.271. The molecule has 2 unspecified atom stereocenters. The van der Waals surface area contributed by atoms with Crippen molar-refractivity contribution < 1.29 is 9.47 Å². The summed E-state index contributed by atoms with van der Waals surface area (Å²) in [5.74, 6) is 0. The molecule has 0 rings (SSSR count). The zero-order valence-electron chi connectivity index (χ0n) is 8.59. The van der Waals surface area contributed by atoms with E-state index in [2.05, 4.69) is 19.2 Å². The van der Waals surface area contributed by atoms with Crippen LogP contribution in [0.25, 0.3) is 0 Å². The summed E-state index contributed by atoms with van der Waals surface area (Å²) < 4.78 is 10.1. The summed E-state index contributed by atoms with van der Waals surface area (Å²) in [5, 5.41) is 3.36. The summed E-state index contributed by atoms with van der Waals surface area (Å²) in [4.78, 5) is 0. The van der Waals surface area contributed by atoms with E-state index in [-0.39, 0.29) is 6.10 Å². The zero-order valence-corrected chi connectivity index (χ0v) is 8.59. The number of methoxy groups -OCH3 is 2. The fourth-order valence-corrected chi connectivity index (χ4v) is 0.916. The first-order valence-electron chi connectivity index (χ1n) is 4.47. The van der Waals surface area contributed by atoms with Gasteiger partial charge in [0.05, 0.1) is 6.10 Å². The second-order valence-corrected chi connectivity index (χ2v) is 3.03. The van der Waals surface area contributed by atoms with Crippen molar-refractivity contribution in [2.24, 2.45) is 0 Å². The highest BCUT2D eigenvalue weighted by Crippen LogP contribution is 1.95. The Morgan fingerprint density at radius 2 is 1.92 bits per heavy atom. The molecule has 12 heavy (non-hydrogen) atoms. The maximum Gasteiger partial charge on any atom is 0.0693 e. The van der Waals surface area contributed by atoms with Crippen LogP contribution >= 0.6 is 0 Å². The predicted molar refractivity (Wildman–Crippen MR) is 50.4 cm³/mol.